The molecule has 4 rings (SSSR count). The molecule has 0 radical (unpaired) electrons. The van der Waals surface area contributed by atoms with Crippen LogP contribution in [0.2, 0.25) is 0 Å². The molecule has 0 unspecified atom stereocenters. The van der Waals surface area contributed by atoms with Gasteiger partial charge in [-0.2, -0.15) is 0 Å². The highest BCUT2D eigenvalue weighted by Gasteiger charge is 2.21. The molecule has 6 heteroatoms. The molecule has 0 atom stereocenters. The third-order valence-electron chi connectivity index (χ3n) is 5.02. The summed E-state index contributed by atoms with van der Waals surface area (Å²) in [5.41, 5.74) is 2.22. The second-order valence-electron chi connectivity index (χ2n) is 6.89. The summed E-state index contributed by atoms with van der Waals surface area (Å²) in [6, 6.07) is 10.3. The Hall–Kier alpha value is -2.89. The van der Waals surface area contributed by atoms with Crippen molar-refractivity contribution in [2.45, 2.75) is 25.7 Å². The molecule has 1 saturated heterocycles. The number of aromatic nitrogens is 1. The van der Waals surface area contributed by atoms with Gasteiger partial charge in [0.05, 0.1) is 0 Å². The summed E-state index contributed by atoms with van der Waals surface area (Å²) in [5, 5.41) is 3.69. The molecule has 1 amide bonds. The lowest BCUT2D eigenvalue weighted by Crippen LogP contribution is -2.21. The first kappa shape index (κ1) is 17.5. The summed E-state index contributed by atoms with van der Waals surface area (Å²) in [5.74, 6) is -1.54. The summed E-state index contributed by atoms with van der Waals surface area (Å²) in [6.45, 7) is 1.31. The van der Waals surface area contributed by atoms with Crippen LogP contribution >= 0.6 is 0 Å². The number of nitrogens with zero attached hydrogens (tertiary/aromatic N) is 1. The fraction of sp³-hybridized carbons (Fsp3) is 0.286. The van der Waals surface area contributed by atoms with Gasteiger partial charge in [0.1, 0.15) is 5.69 Å². The van der Waals surface area contributed by atoms with Crippen LogP contribution in [0.15, 0.2) is 42.6 Å². The number of nitrogens with one attached hydrogen (secondary N) is 2. The minimum atomic E-state index is -0.635. The molecular formula is C21H21F2N3O. The van der Waals surface area contributed by atoms with E-state index >= 15 is 0 Å². The number of carbonyl (C=O) groups is 1. The number of hydrogen-bond acceptors (Lipinski definition) is 2. The average Bonchev–Trinajstić information content (AvgIpc) is 3.29. The van der Waals surface area contributed by atoms with Gasteiger partial charge in [-0.1, -0.05) is 18.2 Å². The molecule has 1 aliphatic heterocycles. The van der Waals surface area contributed by atoms with Crippen molar-refractivity contribution in [3.63, 3.8) is 0 Å². The van der Waals surface area contributed by atoms with Crippen LogP contribution in [0.4, 0.5) is 20.2 Å². The van der Waals surface area contributed by atoms with E-state index in [4.69, 9.17) is 0 Å². The maximum atomic E-state index is 14.4. The minimum Gasteiger partial charge on any atom is -0.367 e. The zero-order valence-corrected chi connectivity index (χ0v) is 14.9. The van der Waals surface area contributed by atoms with Gasteiger partial charge in [0, 0.05) is 42.3 Å². The van der Waals surface area contributed by atoms with Crippen molar-refractivity contribution in [1.29, 1.82) is 0 Å². The SMILES string of the molecule is O=C(CCc1c[nH]c2ccccc12)Nc1cc(F)c(N2CCCC2)c(F)c1. The number of benzene rings is 2. The van der Waals surface area contributed by atoms with Crippen molar-refractivity contribution < 1.29 is 13.6 Å². The monoisotopic (exact) mass is 369 g/mol. The number of carbonyl (C=O) groups excluding carboxylic acids is 1. The highest BCUT2D eigenvalue weighted by molar-refractivity contribution is 5.92. The van der Waals surface area contributed by atoms with Gasteiger partial charge in [-0.25, -0.2) is 8.78 Å². The highest BCUT2D eigenvalue weighted by atomic mass is 19.1. The van der Waals surface area contributed by atoms with Crippen LogP contribution in [-0.4, -0.2) is 24.0 Å². The predicted octanol–water partition coefficient (Wildman–Crippen LogP) is 4.62. The van der Waals surface area contributed by atoms with E-state index in [1.165, 1.54) is 12.1 Å². The van der Waals surface area contributed by atoms with Gasteiger partial charge in [0.25, 0.3) is 0 Å². The van der Waals surface area contributed by atoms with Gasteiger partial charge in [0.15, 0.2) is 11.6 Å². The Bertz CT molecular complexity index is 953. The first-order chi connectivity index (χ1) is 13.1. The van der Waals surface area contributed by atoms with Gasteiger partial charge in [0.2, 0.25) is 5.91 Å². The van der Waals surface area contributed by atoms with E-state index < -0.39 is 11.6 Å². The van der Waals surface area contributed by atoms with Crippen molar-refractivity contribution in [2.75, 3.05) is 23.3 Å². The number of fused-ring (bicyclic) bond motifs is 1. The Labute approximate surface area is 156 Å². The van der Waals surface area contributed by atoms with E-state index in [-0.39, 0.29) is 23.7 Å². The number of aromatic amines is 1. The normalized spacial score (nSPS) is 14.1. The molecule has 1 aromatic heterocycles. The molecule has 0 aliphatic carbocycles. The Morgan fingerprint density at radius 1 is 1.11 bits per heavy atom. The Kier molecular flexibility index (Phi) is 4.79. The molecule has 140 valence electrons. The lowest BCUT2D eigenvalue weighted by molar-refractivity contribution is -0.116. The van der Waals surface area contributed by atoms with E-state index in [2.05, 4.69) is 10.3 Å². The van der Waals surface area contributed by atoms with Crippen LogP contribution in [0.25, 0.3) is 10.9 Å². The van der Waals surface area contributed by atoms with E-state index in [0.717, 1.165) is 29.3 Å². The van der Waals surface area contributed by atoms with Crippen LogP contribution in [0, 0.1) is 11.6 Å². The lowest BCUT2D eigenvalue weighted by Gasteiger charge is -2.19. The molecule has 2 N–H and O–H groups in total. The van der Waals surface area contributed by atoms with Gasteiger partial charge < -0.3 is 15.2 Å². The van der Waals surface area contributed by atoms with E-state index in [9.17, 15) is 13.6 Å². The second-order valence-corrected chi connectivity index (χ2v) is 6.89. The molecule has 2 heterocycles. The van der Waals surface area contributed by atoms with Crippen molar-refractivity contribution in [2.24, 2.45) is 0 Å². The summed E-state index contributed by atoms with van der Waals surface area (Å²) >= 11 is 0. The summed E-state index contributed by atoms with van der Waals surface area (Å²) in [6.07, 6.45) is 4.55. The largest absolute Gasteiger partial charge is 0.367 e. The summed E-state index contributed by atoms with van der Waals surface area (Å²) < 4.78 is 28.7. The van der Waals surface area contributed by atoms with E-state index in [1.807, 2.05) is 30.5 Å². The number of para-hydroxylation sites is 1. The highest BCUT2D eigenvalue weighted by Crippen LogP contribution is 2.29. The van der Waals surface area contributed by atoms with Gasteiger partial charge in [-0.3, -0.25) is 4.79 Å². The van der Waals surface area contributed by atoms with Gasteiger partial charge >= 0.3 is 0 Å². The molecule has 0 spiro atoms. The number of aryl methyl sites for hydroxylation is 1. The van der Waals surface area contributed by atoms with Crippen LogP contribution in [0.3, 0.4) is 0 Å². The van der Waals surface area contributed by atoms with Crippen LogP contribution in [0.5, 0.6) is 0 Å². The van der Waals surface area contributed by atoms with Crippen LogP contribution in [0.1, 0.15) is 24.8 Å². The average molecular weight is 369 g/mol. The lowest BCUT2D eigenvalue weighted by atomic mass is 10.1. The zero-order chi connectivity index (χ0) is 18.8. The maximum absolute atomic E-state index is 14.4. The molecule has 3 aromatic rings. The molecular weight excluding hydrogens is 348 g/mol. The zero-order valence-electron chi connectivity index (χ0n) is 14.9. The molecule has 0 bridgehead atoms. The van der Waals surface area contributed by atoms with E-state index in [1.54, 1.807) is 4.90 Å². The number of halogens is 2. The number of hydrogen-bond donors (Lipinski definition) is 2. The molecule has 0 saturated carbocycles. The number of amides is 1. The molecule has 2 aromatic carbocycles. The Morgan fingerprint density at radius 2 is 1.81 bits per heavy atom. The van der Waals surface area contributed by atoms with Gasteiger partial charge in [-0.15, -0.1) is 0 Å². The quantitative estimate of drug-likeness (QED) is 0.690. The van der Waals surface area contributed by atoms with Crippen LogP contribution in [-0.2, 0) is 11.2 Å². The second kappa shape index (κ2) is 7.39. The number of H-pyrrole nitrogens is 1. The molecule has 27 heavy (non-hydrogen) atoms. The van der Waals surface area contributed by atoms with E-state index in [0.29, 0.717) is 19.5 Å². The topological polar surface area (TPSA) is 48.1 Å². The van der Waals surface area contributed by atoms with Crippen molar-refractivity contribution in [1.82, 2.24) is 4.98 Å². The fourth-order valence-corrected chi connectivity index (χ4v) is 3.69. The number of rotatable bonds is 5. The minimum absolute atomic E-state index is 0.00397. The summed E-state index contributed by atoms with van der Waals surface area (Å²) in [7, 11) is 0. The van der Waals surface area contributed by atoms with Crippen molar-refractivity contribution in [3.05, 3.63) is 59.8 Å². The first-order valence-electron chi connectivity index (χ1n) is 9.20. The molecule has 1 fully saturated rings. The Balaban J connectivity index is 1.42. The molecule has 1 aliphatic rings. The third-order valence-corrected chi connectivity index (χ3v) is 5.02. The Morgan fingerprint density at radius 3 is 2.56 bits per heavy atom. The fourth-order valence-electron chi connectivity index (χ4n) is 3.69. The molecule has 4 nitrogen and oxygen atoms in total. The third kappa shape index (κ3) is 3.65. The standard InChI is InChI=1S/C21H21F2N3O/c22-17-11-15(12-18(23)21(17)26-9-3-4-10-26)25-20(27)8-7-14-13-24-19-6-2-1-5-16(14)19/h1-2,5-6,11-13,24H,3-4,7-10H2,(H,25,27). The summed E-state index contributed by atoms with van der Waals surface area (Å²) in [4.78, 5) is 17.1. The first-order valence-corrected chi connectivity index (χ1v) is 9.20. The maximum Gasteiger partial charge on any atom is 0.224 e. The van der Waals surface area contributed by atoms with Crippen molar-refractivity contribution in [3.8, 4) is 0 Å². The number of anilines is 2. The predicted molar refractivity (Wildman–Crippen MR) is 103 cm³/mol. The van der Waals surface area contributed by atoms with Gasteiger partial charge in [-0.05, 0) is 43.0 Å². The van der Waals surface area contributed by atoms with Crippen molar-refractivity contribution >= 4 is 28.2 Å². The van der Waals surface area contributed by atoms with Crippen LogP contribution < -0.4 is 10.2 Å². The smallest absolute Gasteiger partial charge is 0.224 e.